The van der Waals surface area contributed by atoms with Crippen LogP contribution in [0.1, 0.15) is 11.1 Å². The molecule has 0 heterocycles. The Kier molecular flexibility index (Phi) is 4.86. The minimum absolute atomic E-state index is 0.00646. The van der Waals surface area contributed by atoms with Gasteiger partial charge in [0.25, 0.3) is 5.69 Å². The van der Waals surface area contributed by atoms with Crippen LogP contribution in [0, 0.1) is 10.1 Å². The van der Waals surface area contributed by atoms with E-state index >= 15 is 0 Å². The Morgan fingerprint density at radius 3 is 2.43 bits per heavy atom. The summed E-state index contributed by atoms with van der Waals surface area (Å²) >= 11 is 0. The van der Waals surface area contributed by atoms with Gasteiger partial charge in [0, 0.05) is 24.3 Å². The minimum Gasteiger partial charge on any atom is -0.457 e. The summed E-state index contributed by atoms with van der Waals surface area (Å²) in [5, 5.41) is 29.1. The quantitative estimate of drug-likeness (QED) is 0.629. The fourth-order valence-corrected chi connectivity index (χ4v) is 1.95. The number of aliphatic hydroxyl groups excluding tert-OH is 2. The number of benzene rings is 2. The van der Waals surface area contributed by atoms with Crippen molar-refractivity contribution in [2.24, 2.45) is 0 Å². The van der Waals surface area contributed by atoms with Crippen LogP contribution >= 0.6 is 0 Å². The Labute approximate surface area is 121 Å². The predicted octanol–water partition coefficient (Wildman–Crippen LogP) is 2.41. The van der Waals surface area contributed by atoms with E-state index < -0.39 is 4.92 Å². The van der Waals surface area contributed by atoms with Crippen molar-refractivity contribution in [2.45, 2.75) is 13.0 Å². The topological polar surface area (TPSA) is 92.8 Å². The van der Waals surface area contributed by atoms with Gasteiger partial charge in [-0.05, 0) is 24.1 Å². The lowest BCUT2D eigenvalue weighted by molar-refractivity contribution is -0.385. The maximum Gasteiger partial charge on any atom is 0.270 e. The van der Waals surface area contributed by atoms with Gasteiger partial charge in [0.1, 0.15) is 11.5 Å². The molecule has 0 saturated carbocycles. The molecule has 0 aliphatic heterocycles. The molecule has 0 spiro atoms. The lowest BCUT2D eigenvalue weighted by Gasteiger charge is -2.12. The number of para-hydroxylation sites is 1. The van der Waals surface area contributed by atoms with Crippen LogP contribution in [0.4, 0.5) is 5.69 Å². The van der Waals surface area contributed by atoms with Crippen molar-refractivity contribution >= 4 is 5.69 Å². The molecule has 0 aliphatic carbocycles. The summed E-state index contributed by atoms with van der Waals surface area (Å²) in [6.07, 6.45) is 0.442. The highest BCUT2D eigenvalue weighted by Gasteiger charge is 2.13. The van der Waals surface area contributed by atoms with Crippen LogP contribution in [0.25, 0.3) is 0 Å². The van der Waals surface area contributed by atoms with Gasteiger partial charge in [0.05, 0.1) is 11.5 Å². The van der Waals surface area contributed by atoms with Crippen molar-refractivity contribution in [2.75, 3.05) is 6.61 Å². The Balaban J connectivity index is 2.33. The van der Waals surface area contributed by atoms with Gasteiger partial charge in [0.15, 0.2) is 0 Å². The molecule has 21 heavy (non-hydrogen) atoms. The second-order valence-electron chi connectivity index (χ2n) is 4.39. The average molecular weight is 289 g/mol. The molecule has 6 nitrogen and oxygen atoms in total. The van der Waals surface area contributed by atoms with Gasteiger partial charge in [-0.25, -0.2) is 0 Å². The van der Waals surface area contributed by atoms with Crippen LogP contribution in [0.3, 0.4) is 0 Å². The van der Waals surface area contributed by atoms with Crippen LogP contribution in [0.15, 0.2) is 42.5 Å². The van der Waals surface area contributed by atoms with Gasteiger partial charge in [-0.3, -0.25) is 10.1 Å². The van der Waals surface area contributed by atoms with E-state index in [9.17, 15) is 15.2 Å². The largest absolute Gasteiger partial charge is 0.457 e. The highest BCUT2D eigenvalue weighted by molar-refractivity contribution is 5.46. The SMILES string of the molecule is O=[N+]([O-])c1ccc(Oc2ccccc2CCO)c(CO)c1. The molecule has 0 bridgehead atoms. The van der Waals surface area contributed by atoms with E-state index in [0.29, 0.717) is 23.5 Å². The summed E-state index contributed by atoms with van der Waals surface area (Å²) in [7, 11) is 0. The predicted molar refractivity (Wildman–Crippen MR) is 76.3 cm³/mol. The van der Waals surface area contributed by atoms with E-state index in [1.807, 2.05) is 12.1 Å². The van der Waals surface area contributed by atoms with Crippen molar-refractivity contribution in [3.05, 3.63) is 63.7 Å². The zero-order valence-electron chi connectivity index (χ0n) is 11.2. The molecule has 2 N–H and O–H groups in total. The molecule has 0 aliphatic rings. The van der Waals surface area contributed by atoms with E-state index in [0.717, 1.165) is 5.56 Å². The standard InChI is InChI=1S/C15H15NO5/c17-8-7-11-3-1-2-4-14(11)21-15-6-5-13(16(19)20)9-12(15)10-18/h1-6,9,17-18H,7-8,10H2. The lowest BCUT2D eigenvalue weighted by Crippen LogP contribution is -1.98. The molecule has 0 unspecified atom stereocenters. The van der Waals surface area contributed by atoms with Gasteiger partial charge in [-0.1, -0.05) is 18.2 Å². The number of nitro benzene ring substituents is 1. The van der Waals surface area contributed by atoms with E-state index in [-0.39, 0.29) is 18.9 Å². The third-order valence-corrected chi connectivity index (χ3v) is 3.00. The van der Waals surface area contributed by atoms with Crippen molar-refractivity contribution in [1.29, 1.82) is 0 Å². The van der Waals surface area contributed by atoms with E-state index in [1.165, 1.54) is 18.2 Å². The Bertz CT molecular complexity index is 642. The van der Waals surface area contributed by atoms with E-state index in [4.69, 9.17) is 9.84 Å². The summed E-state index contributed by atoms with van der Waals surface area (Å²) in [5.74, 6) is 0.906. The fraction of sp³-hybridized carbons (Fsp3) is 0.200. The summed E-state index contributed by atoms with van der Waals surface area (Å²) in [6.45, 7) is -0.368. The van der Waals surface area contributed by atoms with Crippen molar-refractivity contribution in [1.82, 2.24) is 0 Å². The zero-order valence-corrected chi connectivity index (χ0v) is 11.2. The van der Waals surface area contributed by atoms with Crippen molar-refractivity contribution in [3.63, 3.8) is 0 Å². The van der Waals surface area contributed by atoms with Gasteiger partial charge in [-0.15, -0.1) is 0 Å². The molecule has 0 radical (unpaired) electrons. The number of nitro groups is 1. The van der Waals surface area contributed by atoms with Crippen LogP contribution in [-0.4, -0.2) is 21.7 Å². The number of rotatable bonds is 6. The third kappa shape index (κ3) is 3.56. The summed E-state index contributed by atoms with van der Waals surface area (Å²) in [4.78, 5) is 10.2. The molecule has 0 amide bonds. The fourth-order valence-electron chi connectivity index (χ4n) is 1.95. The second kappa shape index (κ2) is 6.83. The smallest absolute Gasteiger partial charge is 0.270 e. The average Bonchev–Trinajstić information content (AvgIpc) is 2.49. The Hall–Kier alpha value is -2.44. The number of ether oxygens (including phenoxy) is 1. The number of non-ortho nitro benzene ring substituents is 1. The molecular weight excluding hydrogens is 274 g/mol. The van der Waals surface area contributed by atoms with E-state index in [2.05, 4.69) is 0 Å². The molecule has 0 atom stereocenters. The van der Waals surface area contributed by atoms with Gasteiger partial charge >= 0.3 is 0 Å². The monoisotopic (exact) mass is 289 g/mol. The first kappa shape index (κ1) is 15.0. The molecule has 110 valence electrons. The Morgan fingerprint density at radius 2 is 1.76 bits per heavy atom. The summed E-state index contributed by atoms with van der Waals surface area (Å²) in [6, 6.07) is 11.3. The van der Waals surface area contributed by atoms with Gasteiger partial charge in [0.2, 0.25) is 0 Å². The van der Waals surface area contributed by atoms with Gasteiger partial charge in [-0.2, -0.15) is 0 Å². The van der Waals surface area contributed by atoms with Crippen LogP contribution < -0.4 is 4.74 Å². The number of nitrogens with zero attached hydrogens (tertiary/aromatic N) is 1. The highest BCUT2D eigenvalue weighted by Crippen LogP contribution is 2.30. The molecule has 2 aromatic rings. The third-order valence-electron chi connectivity index (χ3n) is 3.00. The Morgan fingerprint density at radius 1 is 1.05 bits per heavy atom. The molecular formula is C15H15NO5. The minimum atomic E-state index is -0.525. The molecule has 2 aromatic carbocycles. The number of aliphatic hydroxyl groups is 2. The van der Waals surface area contributed by atoms with Crippen LogP contribution in [-0.2, 0) is 13.0 Å². The first-order chi connectivity index (χ1) is 10.2. The number of hydrogen-bond donors (Lipinski definition) is 2. The van der Waals surface area contributed by atoms with E-state index in [1.54, 1.807) is 12.1 Å². The molecule has 0 saturated heterocycles. The van der Waals surface area contributed by atoms with Crippen molar-refractivity contribution < 1.29 is 19.9 Å². The first-order valence-electron chi connectivity index (χ1n) is 6.40. The summed E-state index contributed by atoms with van der Waals surface area (Å²) < 4.78 is 5.73. The maximum atomic E-state index is 10.7. The second-order valence-corrected chi connectivity index (χ2v) is 4.39. The first-order valence-corrected chi connectivity index (χ1v) is 6.40. The van der Waals surface area contributed by atoms with Crippen LogP contribution in [0.5, 0.6) is 11.5 Å². The maximum absolute atomic E-state index is 10.7. The molecule has 2 rings (SSSR count). The zero-order chi connectivity index (χ0) is 15.2. The molecule has 0 fully saturated rings. The number of hydrogen-bond acceptors (Lipinski definition) is 5. The molecule has 0 aromatic heterocycles. The highest BCUT2D eigenvalue weighted by atomic mass is 16.6. The van der Waals surface area contributed by atoms with Crippen LogP contribution in [0.2, 0.25) is 0 Å². The summed E-state index contributed by atoms with van der Waals surface area (Å²) in [5.41, 5.74) is 1.06. The normalized spacial score (nSPS) is 10.4. The van der Waals surface area contributed by atoms with Gasteiger partial charge < -0.3 is 14.9 Å². The van der Waals surface area contributed by atoms with Crippen molar-refractivity contribution in [3.8, 4) is 11.5 Å². The lowest BCUT2D eigenvalue weighted by atomic mass is 10.1. The molecule has 6 heteroatoms.